The first-order valence-electron chi connectivity index (χ1n) is 5.65. The Hall–Kier alpha value is -1.01. The molecule has 0 saturated heterocycles. The maximum Gasteiger partial charge on any atom is 0.0412 e. The summed E-state index contributed by atoms with van der Waals surface area (Å²) in [7, 11) is 0. The maximum absolute atomic E-state index is 6.04. The third-order valence-corrected chi connectivity index (χ3v) is 2.84. The second-order valence-electron chi connectivity index (χ2n) is 4.28. The molecule has 0 aliphatic rings. The van der Waals surface area contributed by atoms with Gasteiger partial charge in [0.1, 0.15) is 0 Å². The van der Waals surface area contributed by atoms with Gasteiger partial charge in [0.25, 0.3) is 0 Å². The van der Waals surface area contributed by atoms with Crippen molar-refractivity contribution in [1.29, 1.82) is 0 Å². The molecule has 0 unspecified atom stereocenters. The Morgan fingerprint density at radius 2 is 1.94 bits per heavy atom. The Labute approximate surface area is 103 Å². The van der Waals surface area contributed by atoms with Gasteiger partial charge in [0.15, 0.2) is 0 Å². The fourth-order valence-corrected chi connectivity index (χ4v) is 1.66. The van der Waals surface area contributed by atoms with Crippen molar-refractivity contribution in [2.45, 2.75) is 34.1 Å². The van der Waals surface area contributed by atoms with Crippen LogP contribution in [0.15, 0.2) is 29.8 Å². The topological polar surface area (TPSA) is 0 Å². The lowest BCUT2D eigenvalue weighted by molar-refractivity contribution is 1.20. The van der Waals surface area contributed by atoms with Gasteiger partial charge in [-0.25, -0.2) is 0 Å². The van der Waals surface area contributed by atoms with Crippen molar-refractivity contribution in [2.75, 3.05) is 0 Å². The Balaban J connectivity index is 3.53. The maximum atomic E-state index is 6.04. The number of halogens is 1. The number of rotatable bonds is 2. The molecule has 0 aliphatic heterocycles. The Morgan fingerprint density at radius 1 is 1.25 bits per heavy atom. The lowest BCUT2D eigenvalue weighted by Crippen LogP contribution is -2.25. The van der Waals surface area contributed by atoms with Crippen molar-refractivity contribution >= 4 is 23.3 Å². The molecule has 1 heteroatoms. The van der Waals surface area contributed by atoms with Gasteiger partial charge in [-0.3, -0.25) is 0 Å². The first kappa shape index (κ1) is 13.1. The van der Waals surface area contributed by atoms with Gasteiger partial charge in [-0.15, -0.1) is 0 Å². The van der Waals surface area contributed by atoms with Crippen LogP contribution in [0.25, 0.3) is 11.6 Å². The first-order chi connectivity index (χ1) is 7.54. The van der Waals surface area contributed by atoms with Gasteiger partial charge in [0.2, 0.25) is 0 Å². The molecule has 86 valence electrons. The molecule has 0 bridgehead atoms. The van der Waals surface area contributed by atoms with Gasteiger partial charge in [-0.2, -0.15) is 0 Å². The van der Waals surface area contributed by atoms with Crippen molar-refractivity contribution < 1.29 is 0 Å². The standard InChI is InChI=1S/C15H19Cl/c1-5-12(4)15-10-14(16)9-8-13(15)7-6-11(2)3/h6-10H,5H2,1-4H3/b13-7-,15-12?. The number of allylic oxidation sites excluding steroid dienone is 2. The van der Waals surface area contributed by atoms with E-state index in [1.807, 2.05) is 12.1 Å². The summed E-state index contributed by atoms with van der Waals surface area (Å²) < 4.78 is 0. The van der Waals surface area contributed by atoms with Gasteiger partial charge in [0, 0.05) is 5.02 Å². The zero-order valence-electron chi connectivity index (χ0n) is 10.5. The average Bonchev–Trinajstić information content (AvgIpc) is 2.26. The summed E-state index contributed by atoms with van der Waals surface area (Å²) in [6, 6.07) is 6.07. The molecule has 0 saturated carbocycles. The summed E-state index contributed by atoms with van der Waals surface area (Å²) in [6.07, 6.45) is 5.34. The molecule has 0 atom stereocenters. The van der Waals surface area contributed by atoms with Gasteiger partial charge in [0.05, 0.1) is 0 Å². The predicted molar refractivity (Wildman–Crippen MR) is 74.0 cm³/mol. The minimum absolute atomic E-state index is 0.803. The van der Waals surface area contributed by atoms with E-state index in [2.05, 4.69) is 45.9 Å². The first-order valence-corrected chi connectivity index (χ1v) is 6.03. The van der Waals surface area contributed by atoms with Crippen LogP contribution in [0.5, 0.6) is 0 Å². The number of benzene rings is 1. The second kappa shape index (κ2) is 5.91. The van der Waals surface area contributed by atoms with Crippen LogP contribution in [0.4, 0.5) is 0 Å². The molecule has 0 fully saturated rings. The molecular weight excluding hydrogens is 216 g/mol. The van der Waals surface area contributed by atoms with E-state index >= 15 is 0 Å². The van der Waals surface area contributed by atoms with E-state index in [1.54, 1.807) is 0 Å². The third-order valence-electron chi connectivity index (χ3n) is 2.60. The van der Waals surface area contributed by atoms with E-state index in [9.17, 15) is 0 Å². The van der Waals surface area contributed by atoms with Crippen LogP contribution >= 0.6 is 11.6 Å². The molecule has 0 amide bonds. The van der Waals surface area contributed by atoms with Crippen LogP contribution in [0, 0.1) is 0 Å². The molecule has 0 aliphatic carbocycles. The van der Waals surface area contributed by atoms with Gasteiger partial charge >= 0.3 is 0 Å². The second-order valence-corrected chi connectivity index (χ2v) is 4.71. The van der Waals surface area contributed by atoms with E-state index < -0.39 is 0 Å². The zero-order valence-corrected chi connectivity index (χ0v) is 11.2. The summed E-state index contributed by atoms with van der Waals surface area (Å²) >= 11 is 6.04. The normalized spacial score (nSPS) is 13.7. The van der Waals surface area contributed by atoms with Crippen LogP contribution < -0.4 is 10.4 Å². The quantitative estimate of drug-likeness (QED) is 0.733. The highest BCUT2D eigenvalue weighted by Gasteiger charge is 1.93. The minimum atomic E-state index is 0.803. The SMILES string of the molecule is CCC(C)=c1cc(Cl)cc/c1=C/C=C(C)C. The molecule has 0 spiro atoms. The fraction of sp³-hybridized carbons (Fsp3) is 0.333. The Kier molecular flexibility index (Phi) is 4.82. The lowest BCUT2D eigenvalue weighted by Gasteiger charge is -1.98. The van der Waals surface area contributed by atoms with Crippen LogP contribution in [0.2, 0.25) is 5.02 Å². The summed E-state index contributed by atoms with van der Waals surface area (Å²) in [4.78, 5) is 0. The van der Waals surface area contributed by atoms with Crippen molar-refractivity contribution in [3.8, 4) is 0 Å². The third kappa shape index (κ3) is 3.53. The number of hydrogen-bond acceptors (Lipinski definition) is 0. The molecule has 0 radical (unpaired) electrons. The molecular formula is C15H19Cl. The molecule has 0 heterocycles. The lowest BCUT2D eigenvalue weighted by atomic mass is 10.1. The highest BCUT2D eigenvalue weighted by molar-refractivity contribution is 6.30. The van der Waals surface area contributed by atoms with E-state index in [0.29, 0.717) is 0 Å². The van der Waals surface area contributed by atoms with E-state index in [0.717, 1.165) is 11.4 Å². The van der Waals surface area contributed by atoms with Crippen molar-refractivity contribution in [1.82, 2.24) is 0 Å². The van der Waals surface area contributed by atoms with Crippen molar-refractivity contribution in [3.63, 3.8) is 0 Å². The van der Waals surface area contributed by atoms with Gasteiger partial charge < -0.3 is 0 Å². The Bertz CT molecular complexity index is 503. The summed E-state index contributed by atoms with van der Waals surface area (Å²) in [5, 5.41) is 3.30. The van der Waals surface area contributed by atoms with Gasteiger partial charge in [-0.05, 0) is 49.8 Å². The minimum Gasteiger partial charge on any atom is -0.0843 e. The largest absolute Gasteiger partial charge is 0.0843 e. The monoisotopic (exact) mass is 234 g/mol. The fourth-order valence-electron chi connectivity index (χ4n) is 1.49. The molecule has 16 heavy (non-hydrogen) atoms. The predicted octanol–water partition coefficient (Wildman–Crippen LogP) is 3.67. The summed E-state index contributed by atoms with van der Waals surface area (Å²) in [6.45, 7) is 8.53. The van der Waals surface area contributed by atoms with E-state index in [1.165, 1.54) is 21.6 Å². The molecule has 0 aromatic heterocycles. The smallest absolute Gasteiger partial charge is 0.0412 e. The van der Waals surface area contributed by atoms with Crippen molar-refractivity contribution in [3.05, 3.63) is 45.3 Å². The molecule has 1 aromatic rings. The molecule has 0 nitrogen and oxygen atoms in total. The van der Waals surface area contributed by atoms with E-state index in [-0.39, 0.29) is 0 Å². The van der Waals surface area contributed by atoms with Crippen LogP contribution in [-0.2, 0) is 0 Å². The van der Waals surface area contributed by atoms with E-state index in [4.69, 9.17) is 11.6 Å². The highest BCUT2D eigenvalue weighted by Crippen LogP contribution is 2.02. The van der Waals surface area contributed by atoms with Crippen LogP contribution in [0.3, 0.4) is 0 Å². The molecule has 1 aromatic carbocycles. The van der Waals surface area contributed by atoms with Crippen molar-refractivity contribution in [2.24, 2.45) is 0 Å². The van der Waals surface area contributed by atoms with Crippen LogP contribution in [0.1, 0.15) is 34.1 Å². The zero-order chi connectivity index (χ0) is 12.1. The van der Waals surface area contributed by atoms with Crippen LogP contribution in [-0.4, -0.2) is 0 Å². The molecule has 1 rings (SSSR count). The number of hydrogen-bond donors (Lipinski definition) is 0. The summed E-state index contributed by atoms with van der Waals surface area (Å²) in [5.41, 5.74) is 2.67. The highest BCUT2D eigenvalue weighted by atomic mass is 35.5. The summed E-state index contributed by atoms with van der Waals surface area (Å²) in [5.74, 6) is 0. The van der Waals surface area contributed by atoms with Gasteiger partial charge in [-0.1, -0.05) is 47.9 Å². The molecule has 0 N–H and O–H groups in total. The average molecular weight is 235 g/mol. The Morgan fingerprint density at radius 3 is 2.50 bits per heavy atom.